The Morgan fingerprint density at radius 3 is 2.91 bits per heavy atom. The van der Waals surface area contributed by atoms with Gasteiger partial charge in [-0.05, 0) is 12.8 Å². The van der Waals surface area contributed by atoms with E-state index in [0.717, 1.165) is 26.2 Å². The van der Waals surface area contributed by atoms with Crippen molar-refractivity contribution in [2.24, 2.45) is 0 Å². The molecule has 0 bridgehead atoms. The Kier molecular flexibility index (Phi) is 2.41. The Morgan fingerprint density at radius 2 is 2.36 bits per heavy atom. The fraction of sp³-hybridized carbons (Fsp3) is 1.00. The van der Waals surface area contributed by atoms with E-state index in [-0.39, 0.29) is 0 Å². The fourth-order valence-corrected chi connectivity index (χ4v) is 1.54. The van der Waals surface area contributed by atoms with E-state index in [9.17, 15) is 0 Å². The summed E-state index contributed by atoms with van der Waals surface area (Å²) in [4.78, 5) is 0. The molecule has 0 aliphatic carbocycles. The van der Waals surface area contributed by atoms with Crippen molar-refractivity contribution in [1.82, 2.24) is 10.6 Å². The van der Waals surface area contributed by atoms with E-state index in [1.165, 1.54) is 12.8 Å². The quantitative estimate of drug-likeness (QED) is 0.590. The molecule has 64 valence electrons. The summed E-state index contributed by atoms with van der Waals surface area (Å²) >= 11 is 0. The summed E-state index contributed by atoms with van der Waals surface area (Å²) in [5, 5.41) is 6.71. The molecule has 2 aliphatic rings. The van der Waals surface area contributed by atoms with Crippen LogP contribution in [0.25, 0.3) is 0 Å². The second-order valence-electron chi connectivity index (χ2n) is 3.40. The third kappa shape index (κ3) is 1.92. The van der Waals surface area contributed by atoms with Gasteiger partial charge in [-0.3, -0.25) is 0 Å². The molecule has 0 aromatic carbocycles. The van der Waals surface area contributed by atoms with E-state index in [1.807, 2.05) is 0 Å². The van der Waals surface area contributed by atoms with Gasteiger partial charge in [-0.15, -0.1) is 0 Å². The molecule has 2 fully saturated rings. The van der Waals surface area contributed by atoms with Gasteiger partial charge < -0.3 is 15.4 Å². The van der Waals surface area contributed by atoms with Gasteiger partial charge in [0.15, 0.2) is 0 Å². The zero-order valence-corrected chi connectivity index (χ0v) is 6.81. The lowest BCUT2D eigenvalue weighted by atomic mass is 10.1. The van der Waals surface area contributed by atoms with Gasteiger partial charge in [0.25, 0.3) is 0 Å². The Morgan fingerprint density at radius 1 is 1.45 bits per heavy atom. The molecule has 2 N–H and O–H groups in total. The van der Waals surface area contributed by atoms with Crippen LogP contribution in [-0.4, -0.2) is 38.4 Å². The third-order valence-electron chi connectivity index (χ3n) is 2.44. The van der Waals surface area contributed by atoms with Gasteiger partial charge in [0.05, 0.1) is 6.10 Å². The zero-order valence-electron chi connectivity index (χ0n) is 6.81. The number of rotatable bonds is 3. The van der Waals surface area contributed by atoms with E-state index >= 15 is 0 Å². The molecule has 0 radical (unpaired) electrons. The van der Waals surface area contributed by atoms with E-state index in [0.29, 0.717) is 12.1 Å². The fourth-order valence-electron chi connectivity index (χ4n) is 1.54. The normalized spacial score (nSPS) is 32.2. The van der Waals surface area contributed by atoms with Gasteiger partial charge >= 0.3 is 0 Å². The SMILES string of the molecule is C1COC(CNC2CNC2)C1. The van der Waals surface area contributed by atoms with Crippen molar-refractivity contribution >= 4 is 0 Å². The average Bonchev–Trinajstić information content (AvgIpc) is 2.36. The van der Waals surface area contributed by atoms with Crippen LogP contribution in [-0.2, 0) is 4.74 Å². The Labute approximate surface area is 67.5 Å². The van der Waals surface area contributed by atoms with Crippen molar-refractivity contribution in [2.45, 2.75) is 25.0 Å². The molecular weight excluding hydrogens is 140 g/mol. The van der Waals surface area contributed by atoms with Gasteiger partial charge in [0, 0.05) is 32.3 Å². The molecule has 2 saturated heterocycles. The third-order valence-corrected chi connectivity index (χ3v) is 2.44. The first-order valence-corrected chi connectivity index (χ1v) is 4.51. The molecule has 11 heavy (non-hydrogen) atoms. The number of ether oxygens (including phenoxy) is 1. The highest BCUT2D eigenvalue weighted by molar-refractivity contribution is 4.82. The van der Waals surface area contributed by atoms with Crippen LogP contribution in [0, 0.1) is 0 Å². The molecule has 0 spiro atoms. The number of nitrogens with one attached hydrogen (secondary N) is 2. The van der Waals surface area contributed by atoms with E-state index in [1.54, 1.807) is 0 Å². The minimum absolute atomic E-state index is 0.496. The molecule has 0 aromatic heterocycles. The molecule has 1 unspecified atom stereocenters. The summed E-state index contributed by atoms with van der Waals surface area (Å²) in [6, 6.07) is 0.708. The smallest absolute Gasteiger partial charge is 0.0700 e. The van der Waals surface area contributed by atoms with Gasteiger partial charge in [-0.25, -0.2) is 0 Å². The molecule has 2 heterocycles. The zero-order chi connectivity index (χ0) is 7.52. The average molecular weight is 156 g/mol. The van der Waals surface area contributed by atoms with Gasteiger partial charge in [0.1, 0.15) is 0 Å². The topological polar surface area (TPSA) is 33.3 Å². The van der Waals surface area contributed by atoms with Crippen LogP contribution >= 0.6 is 0 Å². The predicted molar refractivity (Wildman–Crippen MR) is 43.6 cm³/mol. The van der Waals surface area contributed by atoms with Crippen molar-refractivity contribution in [2.75, 3.05) is 26.2 Å². The van der Waals surface area contributed by atoms with Gasteiger partial charge in [-0.1, -0.05) is 0 Å². The first-order valence-electron chi connectivity index (χ1n) is 4.51. The predicted octanol–water partition coefficient (Wildman–Crippen LogP) is -0.273. The van der Waals surface area contributed by atoms with Crippen LogP contribution in [0.3, 0.4) is 0 Å². The van der Waals surface area contributed by atoms with Crippen LogP contribution in [0.1, 0.15) is 12.8 Å². The largest absolute Gasteiger partial charge is 0.377 e. The molecule has 2 aliphatic heterocycles. The minimum Gasteiger partial charge on any atom is -0.377 e. The maximum Gasteiger partial charge on any atom is 0.0700 e. The van der Waals surface area contributed by atoms with E-state index in [2.05, 4.69) is 10.6 Å². The second kappa shape index (κ2) is 3.52. The van der Waals surface area contributed by atoms with Crippen LogP contribution in [0.5, 0.6) is 0 Å². The van der Waals surface area contributed by atoms with Crippen molar-refractivity contribution in [3.8, 4) is 0 Å². The summed E-state index contributed by atoms with van der Waals surface area (Å²) in [7, 11) is 0. The summed E-state index contributed by atoms with van der Waals surface area (Å²) in [5.74, 6) is 0. The van der Waals surface area contributed by atoms with Crippen LogP contribution in [0.2, 0.25) is 0 Å². The van der Waals surface area contributed by atoms with Crippen LogP contribution in [0.4, 0.5) is 0 Å². The second-order valence-corrected chi connectivity index (χ2v) is 3.40. The molecule has 0 aromatic rings. The standard InChI is InChI=1S/C8H16N2O/c1-2-8(11-3-1)6-10-7-4-9-5-7/h7-10H,1-6H2. The number of hydrogen-bond acceptors (Lipinski definition) is 3. The lowest BCUT2D eigenvalue weighted by molar-refractivity contribution is 0.105. The first kappa shape index (κ1) is 7.53. The minimum atomic E-state index is 0.496. The number of hydrogen-bond donors (Lipinski definition) is 2. The lowest BCUT2D eigenvalue weighted by Gasteiger charge is -2.29. The summed E-state index contributed by atoms with van der Waals surface area (Å²) in [6.07, 6.45) is 2.98. The molecular formula is C8H16N2O. The molecule has 0 amide bonds. The summed E-state index contributed by atoms with van der Waals surface area (Å²) in [5.41, 5.74) is 0. The van der Waals surface area contributed by atoms with Crippen LogP contribution < -0.4 is 10.6 Å². The molecule has 3 nitrogen and oxygen atoms in total. The van der Waals surface area contributed by atoms with Gasteiger partial charge in [-0.2, -0.15) is 0 Å². The highest BCUT2D eigenvalue weighted by atomic mass is 16.5. The highest BCUT2D eigenvalue weighted by Gasteiger charge is 2.20. The van der Waals surface area contributed by atoms with E-state index in [4.69, 9.17) is 4.74 Å². The maximum absolute atomic E-state index is 5.49. The molecule has 0 saturated carbocycles. The first-order chi connectivity index (χ1) is 5.45. The monoisotopic (exact) mass is 156 g/mol. The van der Waals surface area contributed by atoms with Crippen molar-refractivity contribution < 1.29 is 4.74 Å². The molecule has 3 heteroatoms. The van der Waals surface area contributed by atoms with E-state index < -0.39 is 0 Å². The summed E-state index contributed by atoms with van der Waals surface area (Å²) in [6.45, 7) is 4.28. The molecule has 1 atom stereocenters. The van der Waals surface area contributed by atoms with Crippen molar-refractivity contribution in [3.63, 3.8) is 0 Å². The van der Waals surface area contributed by atoms with Gasteiger partial charge in [0.2, 0.25) is 0 Å². The maximum atomic E-state index is 5.49. The lowest BCUT2D eigenvalue weighted by Crippen LogP contribution is -2.56. The summed E-state index contributed by atoms with van der Waals surface area (Å²) < 4.78 is 5.49. The van der Waals surface area contributed by atoms with Crippen molar-refractivity contribution in [1.29, 1.82) is 0 Å². The Bertz CT molecular complexity index is 119. The Balaban J connectivity index is 1.57. The molecule has 2 rings (SSSR count). The highest BCUT2D eigenvalue weighted by Crippen LogP contribution is 2.10. The van der Waals surface area contributed by atoms with Crippen LogP contribution in [0.15, 0.2) is 0 Å². The van der Waals surface area contributed by atoms with Crippen molar-refractivity contribution in [3.05, 3.63) is 0 Å². The Hall–Kier alpha value is -0.120.